The van der Waals surface area contributed by atoms with Gasteiger partial charge in [0.25, 0.3) is 5.91 Å². The number of amides is 1. The first-order valence-corrected chi connectivity index (χ1v) is 6.95. The minimum absolute atomic E-state index is 0.159. The molecule has 2 fully saturated rings. The molecule has 1 aromatic rings. The molecule has 0 bridgehead atoms. The number of nitrogens with zero attached hydrogens (tertiary/aromatic N) is 2. The Labute approximate surface area is 113 Å². The lowest BCUT2D eigenvalue weighted by Gasteiger charge is -2.37. The summed E-state index contributed by atoms with van der Waals surface area (Å²) in [6.45, 7) is 5.21. The molecule has 4 heteroatoms. The fourth-order valence-electron chi connectivity index (χ4n) is 3.16. The van der Waals surface area contributed by atoms with Gasteiger partial charge in [-0.2, -0.15) is 0 Å². The van der Waals surface area contributed by atoms with Crippen LogP contribution in [0, 0.1) is 12.7 Å². The van der Waals surface area contributed by atoms with Crippen molar-refractivity contribution in [2.45, 2.75) is 25.8 Å². The maximum Gasteiger partial charge on any atom is 0.256 e. The van der Waals surface area contributed by atoms with Gasteiger partial charge >= 0.3 is 0 Å². The van der Waals surface area contributed by atoms with Gasteiger partial charge in [0.1, 0.15) is 5.82 Å². The molecule has 0 N–H and O–H groups in total. The van der Waals surface area contributed by atoms with E-state index in [2.05, 4.69) is 4.90 Å². The smallest absolute Gasteiger partial charge is 0.256 e. The van der Waals surface area contributed by atoms with Crippen molar-refractivity contribution in [2.24, 2.45) is 0 Å². The zero-order chi connectivity index (χ0) is 13.4. The first-order valence-electron chi connectivity index (χ1n) is 6.95. The second kappa shape index (κ2) is 4.93. The van der Waals surface area contributed by atoms with Crippen molar-refractivity contribution in [1.82, 2.24) is 9.80 Å². The highest BCUT2D eigenvalue weighted by Crippen LogP contribution is 2.23. The van der Waals surface area contributed by atoms with Gasteiger partial charge < -0.3 is 4.90 Å². The maximum atomic E-state index is 14.0. The minimum Gasteiger partial charge on any atom is -0.336 e. The third kappa shape index (κ3) is 2.25. The summed E-state index contributed by atoms with van der Waals surface area (Å²) >= 11 is 0. The van der Waals surface area contributed by atoms with E-state index in [0.717, 1.165) is 26.1 Å². The molecule has 1 atom stereocenters. The van der Waals surface area contributed by atoms with Gasteiger partial charge in [0, 0.05) is 25.7 Å². The summed E-state index contributed by atoms with van der Waals surface area (Å²) in [6, 6.07) is 5.51. The van der Waals surface area contributed by atoms with Crippen molar-refractivity contribution in [1.29, 1.82) is 0 Å². The van der Waals surface area contributed by atoms with E-state index < -0.39 is 0 Å². The molecular formula is C15H19FN2O. The molecule has 2 aliphatic rings. The normalized spacial score (nSPS) is 23.5. The predicted molar refractivity (Wildman–Crippen MR) is 71.6 cm³/mol. The highest BCUT2D eigenvalue weighted by atomic mass is 19.1. The number of hydrogen-bond donors (Lipinski definition) is 0. The van der Waals surface area contributed by atoms with E-state index in [1.807, 2.05) is 4.90 Å². The lowest BCUT2D eigenvalue weighted by atomic mass is 10.1. The number of aryl methyl sites for hydroxylation is 1. The number of carbonyl (C=O) groups excluding carboxylic acids is 1. The first kappa shape index (κ1) is 12.6. The van der Waals surface area contributed by atoms with E-state index in [-0.39, 0.29) is 17.3 Å². The standard InChI is InChI=1S/C15H19FN2O/c1-11-4-2-6-13(14(11)16)15(19)18-9-8-17-7-3-5-12(17)10-18/h2,4,6,12H,3,5,7-10H2,1H3. The molecule has 2 aliphatic heterocycles. The zero-order valence-corrected chi connectivity index (χ0v) is 11.2. The van der Waals surface area contributed by atoms with Crippen molar-refractivity contribution in [2.75, 3.05) is 26.2 Å². The van der Waals surface area contributed by atoms with Crippen molar-refractivity contribution >= 4 is 5.91 Å². The number of hydrogen-bond acceptors (Lipinski definition) is 2. The zero-order valence-electron chi connectivity index (χ0n) is 11.2. The van der Waals surface area contributed by atoms with Gasteiger partial charge in [0.05, 0.1) is 5.56 Å². The fraction of sp³-hybridized carbons (Fsp3) is 0.533. The van der Waals surface area contributed by atoms with Crippen LogP contribution in [-0.2, 0) is 0 Å². The quantitative estimate of drug-likeness (QED) is 0.773. The van der Waals surface area contributed by atoms with E-state index in [4.69, 9.17) is 0 Å². The molecule has 3 rings (SSSR count). The van der Waals surface area contributed by atoms with Gasteiger partial charge in [-0.05, 0) is 37.9 Å². The number of benzene rings is 1. The van der Waals surface area contributed by atoms with Crippen LogP contribution >= 0.6 is 0 Å². The molecule has 0 spiro atoms. The van der Waals surface area contributed by atoms with Gasteiger partial charge in [-0.3, -0.25) is 9.69 Å². The lowest BCUT2D eigenvalue weighted by Crippen LogP contribution is -2.52. The molecule has 0 radical (unpaired) electrons. The molecule has 3 nitrogen and oxygen atoms in total. The Morgan fingerprint density at radius 1 is 1.32 bits per heavy atom. The third-order valence-corrected chi connectivity index (χ3v) is 4.30. The van der Waals surface area contributed by atoms with Crippen LogP contribution in [0.5, 0.6) is 0 Å². The summed E-state index contributed by atoms with van der Waals surface area (Å²) in [6.07, 6.45) is 2.37. The molecule has 19 heavy (non-hydrogen) atoms. The van der Waals surface area contributed by atoms with Gasteiger partial charge in [-0.1, -0.05) is 12.1 Å². The van der Waals surface area contributed by atoms with Crippen molar-refractivity contribution in [3.63, 3.8) is 0 Å². The number of halogens is 1. The number of rotatable bonds is 1. The first-order chi connectivity index (χ1) is 9.16. The average Bonchev–Trinajstić information content (AvgIpc) is 2.88. The Morgan fingerprint density at radius 3 is 3.00 bits per heavy atom. The molecule has 1 aromatic carbocycles. The topological polar surface area (TPSA) is 23.6 Å². The third-order valence-electron chi connectivity index (χ3n) is 4.30. The predicted octanol–water partition coefficient (Wildman–Crippen LogP) is 2.05. The van der Waals surface area contributed by atoms with Crippen LogP contribution < -0.4 is 0 Å². The Hall–Kier alpha value is -1.42. The molecular weight excluding hydrogens is 243 g/mol. The van der Waals surface area contributed by atoms with Crippen molar-refractivity contribution in [3.05, 3.63) is 35.1 Å². The molecule has 0 aromatic heterocycles. The van der Waals surface area contributed by atoms with Crippen LogP contribution in [0.1, 0.15) is 28.8 Å². The van der Waals surface area contributed by atoms with Gasteiger partial charge in [-0.15, -0.1) is 0 Å². The maximum absolute atomic E-state index is 14.0. The summed E-state index contributed by atoms with van der Waals surface area (Å²) in [4.78, 5) is 16.7. The molecule has 0 aliphatic carbocycles. The van der Waals surface area contributed by atoms with Crippen molar-refractivity contribution in [3.8, 4) is 0 Å². The van der Waals surface area contributed by atoms with E-state index in [1.54, 1.807) is 25.1 Å². The van der Waals surface area contributed by atoms with Crippen LogP contribution in [-0.4, -0.2) is 47.9 Å². The Kier molecular flexibility index (Phi) is 3.27. The molecule has 0 saturated carbocycles. The number of carbonyl (C=O) groups is 1. The fourth-order valence-corrected chi connectivity index (χ4v) is 3.16. The summed E-state index contributed by atoms with van der Waals surface area (Å²) < 4.78 is 14.0. The molecule has 1 amide bonds. The van der Waals surface area contributed by atoms with Gasteiger partial charge in [0.15, 0.2) is 0 Å². The van der Waals surface area contributed by atoms with E-state index in [9.17, 15) is 9.18 Å². The highest BCUT2D eigenvalue weighted by Gasteiger charge is 2.33. The van der Waals surface area contributed by atoms with Crippen LogP contribution in [0.2, 0.25) is 0 Å². The summed E-state index contributed by atoms with van der Waals surface area (Å²) in [5, 5.41) is 0. The summed E-state index contributed by atoms with van der Waals surface area (Å²) in [5.41, 5.74) is 0.747. The minimum atomic E-state index is -0.374. The highest BCUT2D eigenvalue weighted by molar-refractivity contribution is 5.94. The second-order valence-corrected chi connectivity index (χ2v) is 5.52. The second-order valence-electron chi connectivity index (χ2n) is 5.52. The SMILES string of the molecule is Cc1cccc(C(=O)N2CCN3CCCC3C2)c1F. The molecule has 2 saturated heterocycles. The largest absolute Gasteiger partial charge is 0.336 e. The van der Waals surface area contributed by atoms with E-state index in [1.165, 1.54) is 6.42 Å². The Balaban J connectivity index is 1.79. The Morgan fingerprint density at radius 2 is 2.16 bits per heavy atom. The van der Waals surface area contributed by atoms with Crippen LogP contribution in [0.4, 0.5) is 4.39 Å². The number of fused-ring (bicyclic) bond motifs is 1. The van der Waals surface area contributed by atoms with E-state index >= 15 is 0 Å². The lowest BCUT2D eigenvalue weighted by molar-refractivity contribution is 0.0567. The molecule has 2 heterocycles. The molecule has 102 valence electrons. The van der Waals surface area contributed by atoms with Crippen molar-refractivity contribution < 1.29 is 9.18 Å². The molecule has 1 unspecified atom stereocenters. The monoisotopic (exact) mass is 262 g/mol. The van der Waals surface area contributed by atoms with Gasteiger partial charge in [0.2, 0.25) is 0 Å². The summed E-state index contributed by atoms with van der Waals surface area (Å²) in [5.74, 6) is -0.533. The van der Waals surface area contributed by atoms with Crippen LogP contribution in [0.3, 0.4) is 0 Å². The van der Waals surface area contributed by atoms with Crippen LogP contribution in [0.15, 0.2) is 18.2 Å². The van der Waals surface area contributed by atoms with Crippen LogP contribution in [0.25, 0.3) is 0 Å². The average molecular weight is 262 g/mol. The number of piperazine rings is 1. The van der Waals surface area contributed by atoms with Gasteiger partial charge in [-0.25, -0.2) is 4.39 Å². The Bertz CT molecular complexity index is 503. The van der Waals surface area contributed by atoms with E-state index in [0.29, 0.717) is 18.2 Å². The summed E-state index contributed by atoms with van der Waals surface area (Å²) in [7, 11) is 0.